The summed E-state index contributed by atoms with van der Waals surface area (Å²) in [5.74, 6) is 1.83. The molecule has 1 unspecified atom stereocenters. The lowest BCUT2D eigenvalue weighted by molar-refractivity contribution is 0.220. The number of nitrogens with one attached hydrogen (secondary N) is 1. The highest BCUT2D eigenvalue weighted by atomic mass is 32.1. The van der Waals surface area contributed by atoms with Crippen LogP contribution in [0.2, 0.25) is 0 Å². The minimum atomic E-state index is 0.590. The van der Waals surface area contributed by atoms with Crippen molar-refractivity contribution in [2.75, 3.05) is 6.54 Å². The standard InChI is InChI=1S/C18H27NS2/c1-3-10-19-18(14-7-5-13(4-2)6-8-14)17-12-16-15(21-17)9-11-20-16/h9,11-14,18-19H,3-8,10H2,1-2H3. The van der Waals surface area contributed by atoms with Gasteiger partial charge in [-0.05, 0) is 55.2 Å². The molecule has 1 N–H and O–H groups in total. The number of hydrogen-bond donors (Lipinski definition) is 1. The monoisotopic (exact) mass is 321 g/mol. The van der Waals surface area contributed by atoms with Gasteiger partial charge in [0.25, 0.3) is 0 Å². The molecule has 1 aliphatic rings. The van der Waals surface area contributed by atoms with Crippen LogP contribution < -0.4 is 5.32 Å². The van der Waals surface area contributed by atoms with Crippen molar-refractivity contribution in [1.82, 2.24) is 5.32 Å². The highest BCUT2D eigenvalue weighted by molar-refractivity contribution is 7.26. The van der Waals surface area contributed by atoms with Gasteiger partial charge in [-0.15, -0.1) is 22.7 Å². The van der Waals surface area contributed by atoms with Crippen LogP contribution in [0, 0.1) is 11.8 Å². The van der Waals surface area contributed by atoms with Crippen LogP contribution in [0.1, 0.15) is 63.3 Å². The second kappa shape index (κ2) is 7.26. The maximum absolute atomic E-state index is 3.85. The van der Waals surface area contributed by atoms with Gasteiger partial charge in [-0.2, -0.15) is 0 Å². The fraction of sp³-hybridized carbons (Fsp3) is 0.667. The second-order valence-corrected chi connectivity index (χ2v) is 8.48. The summed E-state index contributed by atoms with van der Waals surface area (Å²) in [6, 6.07) is 5.32. The average Bonchev–Trinajstić information content (AvgIpc) is 3.10. The van der Waals surface area contributed by atoms with Gasteiger partial charge >= 0.3 is 0 Å². The van der Waals surface area contributed by atoms with Gasteiger partial charge in [0.05, 0.1) is 0 Å². The van der Waals surface area contributed by atoms with Gasteiger partial charge in [0.2, 0.25) is 0 Å². The number of fused-ring (bicyclic) bond motifs is 1. The van der Waals surface area contributed by atoms with Gasteiger partial charge in [-0.1, -0.05) is 33.1 Å². The second-order valence-electron chi connectivity index (χ2n) is 6.42. The Hall–Kier alpha value is -0.380. The molecule has 0 spiro atoms. The lowest BCUT2D eigenvalue weighted by atomic mass is 9.77. The zero-order chi connectivity index (χ0) is 14.7. The van der Waals surface area contributed by atoms with Crippen LogP contribution in [-0.4, -0.2) is 6.54 Å². The molecule has 1 saturated carbocycles. The van der Waals surface area contributed by atoms with E-state index in [1.807, 2.05) is 22.7 Å². The highest BCUT2D eigenvalue weighted by Gasteiger charge is 2.28. The molecular formula is C18H27NS2. The first kappa shape index (κ1) is 15.5. The minimum Gasteiger partial charge on any atom is -0.309 e. The third kappa shape index (κ3) is 3.52. The first-order chi connectivity index (χ1) is 10.3. The van der Waals surface area contributed by atoms with Crippen molar-refractivity contribution in [2.24, 2.45) is 11.8 Å². The van der Waals surface area contributed by atoms with E-state index in [-0.39, 0.29) is 0 Å². The first-order valence-corrected chi connectivity index (χ1v) is 10.2. The summed E-state index contributed by atoms with van der Waals surface area (Å²) in [6.07, 6.45) is 8.28. The molecule has 0 aliphatic heterocycles. The van der Waals surface area contributed by atoms with Crippen molar-refractivity contribution in [1.29, 1.82) is 0 Å². The lowest BCUT2D eigenvalue weighted by Crippen LogP contribution is -2.31. The Balaban J connectivity index is 1.75. The molecule has 0 saturated heterocycles. The van der Waals surface area contributed by atoms with Crippen LogP contribution >= 0.6 is 22.7 Å². The van der Waals surface area contributed by atoms with E-state index >= 15 is 0 Å². The predicted molar refractivity (Wildman–Crippen MR) is 96.5 cm³/mol. The molecule has 0 aromatic carbocycles. The quantitative estimate of drug-likeness (QED) is 0.666. The molecule has 3 heteroatoms. The van der Waals surface area contributed by atoms with Gasteiger partial charge in [0, 0.05) is 20.3 Å². The van der Waals surface area contributed by atoms with Crippen molar-refractivity contribution < 1.29 is 0 Å². The summed E-state index contributed by atoms with van der Waals surface area (Å²) in [5, 5.41) is 6.07. The average molecular weight is 322 g/mol. The van der Waals surface area contributed by atoms with Crippen LogP contribution in [0.15, 0.2) is 17.5 Å². The van der Waals surface area contributed by atoms with Gasteiger partial charge in [0.1, 0.15) is 0 Å². The third-order valence-electron chi connectivity index (χ3n) is 5.02. The predicted octanol–water partition coefficient (Wildman–Crippen LogP) is 6.22. The van der Waals surface area contributed by atoms with E-state index in [0.29, 0.717) is 6.04 Å². The fourth-order valence-electron chi connectivity index (χ4n) is 3.67. The normalized spacial score (nSPS) is 24.5. The van der Waals surface area contributed by atoms with Crippen molar-refractivity contribution >= 4 is 32.1 Å². The first-order valence-electron chi connectivity index (χ1n) is 8.52. The van der Waals surface area contributed by atoms with Gasteiger partial charge in [0.15, 0.2) is 0 Å². The minimum absolute atomic E-state index is 0.590. The molecule has 2 aromatic heterocycles. The summed E-state index contributed by atoms with van der Waals surface area (Å²) >= 11 is 3.89. The van der Waals surface area contributed by atoms with E-state index < -0.39 is 0 Å². The fourth-order valence-corrected chi connectivity index (χ4v) is 5.96. The Kier molecular flexibility index (Phi) is 5.36. The molecule has 0 bridgehead atoms. The molecule has 0 amide bonds. The summed E-state index contributed by atoms with van der Waals surface area (Å²) in [4.78, 5) is 1.57. The Labute approximate surface area is 136 Å². The summed E-state index contributed by atoms with van der Waals surface area (Å²) in [7, 11) is 0. The van der Waals surface area contributed by atoms with E-state index in [4.69, 9.17) is 0 Å². The van der Waals surface area contributed by atoms with E-state index in [1.54, 1.807) is 4.88 Å². The molecule has 1 aliphatic carbocycles. The zero-order valence-corrected chi connectivity index (χ0v) is 14.9. The van der Waals surface area contributed by atoms with Gasteiger partial charge in [-0.25, -0.2) is 0 Å². The molecule has 1 atom stereocenters. The molecule has 3 rings (SSSR count). The third-order valence-corrected chi connectivity index (χ3v) is 7.20. The number of hydrogen-bond acceptors (Lipinski definition) is 3. The maximum Gasteiger partial charge on any atom is 0.0454 e. The van der Waals surface area contributed by atoms with Crippen LogP contribution in [0.3, 0.4) is 0 Å². The topological polar surface area (TPSA) is 12.0 Å². The SMILES string of the molecule is CCCNC(c1cc2sccc2s1)C1CCC(CC)CC1. The van der Waals surface area contributed by atoms with E-state index in [1.165, 1.54) is 47.9 Å². The van der Waals surface area contributed by atoms with Crippen molar-refractivity contribution in [3.63, 3.8) is 0 Å². The Morgan fingerprint density at radius 3 is 2.67 bits per heavy atom. The van der Waals surface area contributed by atoms with Crippen molar-refractivity contribution in [3.05, 3.63) is 22.4 Å². The number of thiophene rings is 2. The maximum atomic E-state index is 3.85. The smallest absolute Gasteiger partial charge is 0.0454 e. The molecular weight excluding hydrogens is 294 g/mol. The van der Waals surface area contributed by atoms with Gasteiger partial charge < -0.3 is 5.32 Å². The Morgan fingerprint density at radius 2 is 2.00 bits per heavy atom. The van der Waals surface area contributed by atoms with Crippen molar-refractivity contribution in [2.45, 2.75) is 58.4 Å². The molecule has 1 fully saturated rings. The van der Waals surface area contributed by atoms with Crippen LogP contribution in [0.5, 0.6) is 0 Å². The zero-order valence-electron chi connectivity index (χ0n) is 13.2. The molecule has 1 nitrogen and oxygen atoms in total. The lowest BCUT2D eigenvalue weighted by Gasteiger charge is -2.33. The largest absolute Gasteiger partial charge is 0.309 e. The van der Waals surface area contributed by atoms with E-state index in [2.05, 4.69) is 36.7 Å². The van der Waals surface area contributed by atoms with Crippen LogP contribution in [-0.2, 0) is 0 Å². The Morgan fingerprint density at radius 1 is 1.19 bits per heavy atom. The van der Waals surface area contributed by atoms with E-state index in [9.17, 15) is 0 Å². The molecule has 0 radical (unpaired) electrons. The number of rotatable bonds is 6. The summed E-state index contributed by atoms with van der Waals surface area (Å²) in [6.45, 7) is 5.76. The summed E-state index contributed by atoms with van der Waals surface area (Å²) < 4.78 is 2.95. The van der Waals surface area contributed by atoms with Gasteiger partial charge in [-0.3, -0.25) is 0 Å². The van der Waals surface area contributed by atoms with Crippen LogP contribution in [0.25, 0.3) is 9.40 Å². The molecule has 21 heavy (non-hydrogen) atoms. The van der Waals surface area contributed by atoms with Crippen LogP contribution in [0.4, 0.5) is 0 Å². The molecule has 2 heterocycles. The summed E-state index contributed by atoms with van der Waals surface area (Å²) in [5.41, 5.74) is 0. The molecule has 116 valence electrons. The van der Waals surface area contributed by atoms with Crippen molar-refractivity contribution in [3.8, 4) is 0 Å². The highest BCUT2D eigenvalue weighted by Crippen LogP contribution is 2.42. The Bertz CT molecular complexity index is 520. The van der Waals surface area contributed by atoms with E-state index in [0.717, 1.165) is 18.4 Å². The molecule has 2 aromatic rings.